The summed E-state index contributed by atoms with van der Waals surface area (Å²) in [6.07, 6.45) is 1.11. The lowest BCUT2D eigenvalue weighted by molar-refractivity contribution is 0.582. The molecule has 1 N–H and O–H groups in total. The SMILES string of the molecule is CC(C)c1nc(CNS(C)(=O)=O)n(C)c1Sc1cccc(F)c1. The fourth-order valence-corrected chi connectivity index (χ4v) is 3.60. The van der Waals surface area contributed by atoms with Gasteiger partial charge in [-0.05, 0) is 24.1 Å². The minimum Gasteiger partial charge on any atom is -0.325 e. The molecule has 0 saturated heterocycles. The molecule has 2 aromatic rings. The number of benzene rings is 1. The Morgan fingerprint density at radius 3 is 2.65 bits per heavy atom. The summed E-state index contributed by atoms with van der Waals surface area (Å²) in [5.41, 5.74) is 0.868. The fourth-order valence-electron chi connectivity index (χ4n) is 2.04. The molecule has 0 spiro atoms. The molecule has 8 heteroatoms. The van der Waals surface area contributed by atoms with E-state index in [0.29, 0.717) is 5.82 Å². The Morgan fingerprint density at radius 2 is 2.09 bits per heavy atom. The highest BCUT2D eigenvalue weighted by atomic mass is 32.2. The summed E-state index contributed by atoms with van der Waals surface area (Å²) in [7, 11) is -1.45. The Kier molecular flexibility index (Phi) is 5.49. The molecule has 1 aromatic carbocycles. The van der Waals surface area contributed by atoms with Gasteiger partial charge in [0.05, 0.1) is 18.5 Å². The molecule has 0 radical (unpaired) electrons. The van der Waals surface area contributed by atoms with Gasteiger partial charge < -0.3 is 4.57 Å². The highest BCUT2D eigenvalue weighted by Crippen LogP contribution is 2.34. The quantitative estimate of drug-likeness (QED) is 0.863. The molecule has 0 aliphatic rings. The first-order chi connectivity index (χ1) is 10.7. The average Bonchev–Trinajstić information content (AvgIpc) is 2.73. The van der Waals surface area contributed by atoms with Crippen LogP contribution in [0.4, 0.5) is 4.39 Å². The number of hydrogen-bond donors (Lipinski definition) is 1. The van der Waals surface area contributed by atoms with Crippen molar-refractivity contribution >= 4 is 21.8 Å². The summed E-state index contributed by atoms with van der Waals surface area (Å²) < 4.78 is 40.2. The number of rotatable bonds is 6. The third-order valence-corrected chi connectivity index (χ3v) is 5.05. The van der Waals surface area contributed by atoms with Crippen LogP contribution in [-0.4, -0.2) is 24.2 Å². The van der Waals surface area contributed by atoms with Crippen LogP contribution in [0.1, 0.15) is 31.3 Å². The number of sulfonamides is 1. The van der Waals surface area contributed by atoms with Crippen molar-refractivity contribution in [2.45, 2.75) is 36.2 Å². The Labute approximate surface area is 140 Å². The molecule has 126 valence electrons. The number of aromatic nitrogens is 2. The van der Waals surface area contributed by atoms with E-state index in [1.165, 1.54) is 23.9 Å². The van der Waals surface area contributed by atoms with Crippen molar-refractivity contribution in [3.05, 3.63) is 41.6 Å². The lowest BCUT2D eigenvalue weighted by Gasteiger charge is -2.09. The van der Waals surface area contributed by atoms with E-state index in [1.54, 1.807) is 6.07 Å². The molecule has 1 aromatic heterocycles. The van der Waals surface area contributed by atoms with Crippen molar-refractivity contribution in [2.75, 3.05) is 6.26 Å². The van der Waals surface area contributed by atoms with Gasteiger partial charge in [-0.2, -0.15) is 0 Å². The van der Waals surface area contributed by atoms with Crippen molar-refractivity contribution in [3.63, 3.8) is 0 Å². The van der Waals surface area contributed by atoms with E-state index in [-0.39, 0.29) is 18.3 Å². The van der Waals surface area contributed by atoms with Gasteiger partial charge in [0.2, 0.25) is 10.0 Å². The molecule has 0 saturated carbocycles. The summed E-state index contributed by atoms with van der Waals surface area (Å²) in [5.74, 6) is 0.504. The maximum Gasteiger partial charge on any atom is 0.209 e. The summed E-state index contributed by atoms with van der Waals surface area (Å²) in [6.45, 7) is 4.16. The van der Waals surface area contributed by atoms with Crippen LogP contribution in [-0.2, 0) is 23.6 Å². The van der Waals surface area contributed by atoms with Crippen LogP contribution in [0, 0.1) is 5.82 Å². The molecule has 0 amide bonds. The van der Waals surface area contributed by atoms with Crippen LogP contribution in [0.2, 0.25) is 0 Å². The number of nitrogens with zero attached hydrogens (tertiary/aromatic N) is 2. The smallest absolute Gasteiger partial charge is 0.209 e. The van der Waals surface area contributed by atoms with Crippen LogP contribution in [0.5, 0.6) is 0 Å². The first-order valence-electron chi connectivity index (χ1n) is 7.11. The van der Waals surface area contributed by atoms with Crippen molar-refractivity contribution in [3.8, 4) is 0 Å². The van der Waals surface area contributed by atoms with Crippen LogP contribution < -0.4 is 4.72 Å². The van der Waals surface area contributed by atoms with Crippen molar-refractivity contribution < 1.29 is 12.8 Å². The van der Waals surface area contributed by atoms with Gasteiger partial charge in [-0.1, -0.05) is 31.7 Å². The molecule has 0 bridgehead atoms. The van der Waals surface area contributed by atoms with Crippen molar-refractivity contribution in [1.29, 1.82) is 0 Å². The zero-order valence-electron chi connectivity index (χ0n) is 13.5. The van der Waals surface area contributed by atoms with Gasteiger partial charge in [0, 0.05) is 11.9 Å². The zero-order valence-corrected chi connectivity index (χ0v) is 15.1. The van der Waals surface area contributed by atoms with E-state index < -0.39 is 10.0 Å². The van der Waals surface area contributed by atoms with Gasteiger partial charge in [0.25, 0.3) is 0 Å². The van der Waals surface area contributed by atoms with Gasteiger partial charge in [0.1, 0.15) is 16.7 Å². The van der Waals surface area contributed by atoms with Gasteiger partial charge in [-0.25, -0.2) is 22.5 Å². The molecule has 1 heterocycles. The first-order valence-corrected chi connectivity index (χ1v) is 9.81. The van der Waals surface area contributed by atoms with Gasteiger partial charge in [0.15, 0.2) is 0 Å². The Bertz CT molecular complexity index is 801. The second-order valence-electron chi connectivity index (χ2n) is 5.58. The topological polar surface area (TPSA) is 64.0 Å². The second kappa shape index (κ2) is 7.02. The van der Waals surface area contributed by atoms with Crippen LogP contribution in [0.15, 0.2) is 34.2 Å². The van der Waals surface area contributed by atoms with Crippen LogP contribution >= 0.6 is 11.8 Å². The van der Waals surface area contributed by atoms with Crippen molar-refractivity contribution in [1.82, 2.24) is 14.3 Å². The van der Waals surface area contributed by atoms with E-state index in [2.05, 4.69) is 9.71 Å². The molecule has 0 fully saturated rings. The molecule has 23 heavy (non-hydrogen) atoms. The average molecular weight is 357 g/mol. The largest absolute Gasteiger partial charge is 0.325 e. The Morgan fingerprint density at radius 1 is 1.39 bits per heavy atom. The number of imidazole rings is 1. The molecule has 0 unspecified atom stereocenters. The number of hydrogen-bond acceptors (Lipinski definition) is 4. The maximum absolute atomic E-state index is 13.4. The number of nitrogens with one attached hydrogen (secondary N) is 1. The van der Waals surface area contributed by atoms with E-state index >= 15 is 0 Å². The van der Waals surface area contributed by atoms with Crippen molar-refractivity contribution in [2.24, 2.45) is 7.05 Å². The number of halogens is 1. The monoisotopic (exact) mass is 357 g/mol. The van der Waals surface area contributed by atoms with Crippen LogP contribution in [0.25, 0.3) is 0 Å². The lowest BCUT2D eigenvalue weighted by Crippen LogP contribution is -2.23. The first kappa shape index (κ1) is 18.0. The highest BCUT2D eigenvalue weighted by Gasteiger charge is 2.19. The third-order valence-electron chi connectivity index (χ3n) is 3.21. The molecular formula is C15H20FN3O2S2. The molecule has 0 aliphatic carbocycles. The second-order valence-corrected chi connectivity index (χ2v) is 8.48. The molecule has 0 atom stereocenters. The molecular weight excluding hydrogens is 337 g/mol. The van der Waals surface area contributed by atoms with E-state index in [9.17, 15) is 12.8 Å². The molecule has 5 nitrogen and oxygen atoms in total. The highest BCUT2D eigenvalue weighted by molar-refractivity contribution is 7.99. The third kappa shape index (κ3) is 4.79. The van der Waals surface area contributed by atoms with Gasteiger partial charge in [-0.3, -0.25) is 0 Å². The van der Waals surface area contributed by atoms with E-state index in [4.69, 9.17) is 0 Å². The summed E-state index contributed by atoms with van der Waals surface area (Å²) in [6, 6.07) is 6.36. The maximum atomic E-state index is 13.4. The molecule has 2 rings (SSSR count). The van der Waals surface area contributed by atoms with Gasteiger partial charge >= 0.3 is 0 Å². The Balaban J connectivity index is 2.35. The predicted octanol–water partition coefficient (Wildman–Crippen LogP) is 2.88. The minimum absolute atomic E-state index is 0.124. The molecule has 0 aliphatic heterocycles. The minimum atomic E-state index is -3.29. The zero-order chi connectivity index (χ0) is 17.2. The normalized spacial score (nSPS) is 12.1. The van der Waals surface area contributed by atoms with Gasteiger partial charge in [-0.15, -0.1) is 0 Å². The van der Waals surface area contributed by atoms with E-state index in [0.717, 1.165) is 21.9 Å². The summed E-state index contributed by atoms with van der Waals surface area (Å²) in [5, 5.41) is 0.885. The Hall–Kier alpha value is -1.38. The summed E-state index contributed by atoms with van der Waals surface area (Å²) >= 11 is 1.42. The van der Waals surface area contributed by atoms with Crippen LogP contribution in [0.3, 0.4) is 0 Å². The summed E-state index contributed by atoms with van der Waals surface area (Å²) in [4.78, 5) is 5.33. The fraction of sp³-hybridized carbons (Fsp3) is 0.400. The van der Waals surface area contributed by atoms with E-state index in [1.807, 2.05) is 31.5 Å². The standard InChI is InChI=1S/C15H20FN3O2S2/c1-10(2)14-15(22-12-7-5-6-11(16)8-12)19(3)13(18-14)9-17-23(4,20)21/h5-8,10,17H,9H2,1-4H3. The lowest BCUT2D eigenvalue weighted by atomic mass is 10.2. The predicted molar refractivity (Wildman–Crippen MR) is 89.5 cm³/mol.